The molecule has 2 rings (SSSR count). The van der Waals surface area contributed by atoms with Crippen LogP contribution in [0.15, 0.2) is 12.4 Å². The van der Waals surface area contributed by atoms with Gasteiger partial charge in [-0.05, 0) is 25.7 Å². The Kier molecular flexibility index (Phi) is 6.12. The van der Waals surface area contributed by atoms with Gasteiger partial charge >= 0.3 is 0 Å². The Bertz CT molecular complexity index is 493. The van der Waals surface area contributed by atoms with Crippen LogP contribution in [0.4, 0.5) is 5.82 Å². The molecule has 0 saturated carbocycles. The smallest absolute Gasteiger partial charge is 0.237 e. The molecule has 1 aromatic rings. The van der Waals surface area contributed by atoms with Gasteiger partial charge in [-0.15, -0.1) is 0 Å². The van der Waals surface area contributed by atoms with Gasteiger partial charge in [0.2, 0.25) is 5.91 Å². The third-order valence-corrected chi connectivity index (χ3v) is 4.10. The minimum absolute atomic E-state index is 0.0364. The number of anilines is 1. The minimum atomic E-state index is -0.397. The molecule has 0 aromatic carbocycles. The van der Waals surface area contributed by atoms with Gasteiger partial charge in [0.25, 0.3) is 0 Å². The Labute approximate surface area is 132 Å². The van der Waals surface area contributed by atoms with Crippen LogP contribution in [0.3, 0.4) is 0 Å². The van der Waals surface area contributed by atoms with Gasteiger partial charge in [-0.25, -0.2) is 9.97 Å². The van der Waals surface area contributed by atoms with Crippen LogP contribution in [0.25, 0.3) is 0 Å². The van der Waals surface area contributed by atoms with Crippen molar-refractivity contribution in [3.63, 3.8) is 0 Å². The summed E-state index contributed by atoms with van der Waals surface area (Å²) in [4.78, 5) is 22.9. The number of carbonyl (C=O) groups excluding carboxylic acids is 1. The number of hydrogen-bond acceptors (Lipinski definition) is 5. The summed E-state index contributed by atoms with van der Waals surface area (Å²) in [5, 5.41) is 3.08. The van der Waals surface area contributed by atoms with Crippen LogP contribution in [0.2, 0.25) is 0 Å². The second-order valence-electron chi connectivity index (χ2n) is 5.91. The molecule has 0 bridgehead atoms. The second kappa shape index (κ2) is 8.08. The zero-order valence-corrected chi connectivity index (χ0v) is 13.6. The van der Waals surface area contributed by atoms with Crippen molar-refractivity contribution in [1.29, 1.82) is 0 Å². The number of rotatable bonds is 6. The molecule has 2 unspecified atom stereocenters. The van der Waals surface area contributed by atoms with E-state index in [1.807, 2.05) is 13.0 Å². The summed E-state index contributed by atoms with van der Waals surface area (Å²) in [5.41, 5.74) is 6.93. The van der Waals surface area contributed by atoms with E-state index in [2.05, 4.69) is 27.1 Å². The maximum Gasteiger partial charge on any atom is 0.237 e. The molecule has 2 atom stereocenters. The van der Waals surface area contributed by atoms with E-state index in [4.69, 9.17) is 5.73 Å². The van der Waals surface area contributed by atoms with Crippen molar-refractivity contribution in [2.24, 2.45) is 5.73 Å². The first-order chi connectivity index (χ1) is 10.6. The minimum Gasteiger partial charge on any atom is -0.354 e. The molecule has 0 aliphatic carbocycles. The van der Waals surface area contributed by atoms with Crippen molar-refractivity contribution in [2.45, 2.75) is 58.0 Å². The molecule has 2 heterocycles. The topological polar surface area (TPSA) is 84.1 Å². The molecule has 0 radical (unpaired) electrons. The zero-order chi connectivity index (χ0) is 15.9. The van der Waals surface area contributed by atoms with Crippen LogP contribution in [0.1, 0.15) is 45.2 Å². The lowest BCUT2D eigenvalue weighted by Crippen LogP contribution is -2.52. The Balaban J connectivity index is 1.95. The summed E-state index contributed by atoms with van der Waals surface area (Å²) < 4.78 is 0. The van der Waals surface area contributed by atoms with E-state index in [0.717, 1.165) is 56.7 Å². The average Bonchev–Trinajstić information content (AvgIpc) is 2.55. The van der Waals surface area contributed by atoms with Gasteiger partial charge in [-0.3, -0.25) is 4.79 Å². The Hall–Kier alpha value is -1.69. The summed E-state index contributed by atoms with van der Waals surface area (Å²) in [7, 11) is 0. The van der Waals surface area contributed by atoms with Crippen LogP contribution in [0.5, 0.6) is 0 Å². The first-order valence-electron chi connectivity index (χ1n) is 8.25. The maximum absolute atomic E-state index is 12.1. The van der Waals surface area contributed by atoms with Gasteiger partial charge in [0, 0.05) is 30.9 Å². The highest BCUT2D eigenvalue weighted by atomic mass is 16.2. The van der Waals surface area contributed by atoms with E-state index >= 15 is 0 Å². The predicted molar refractivity (Wildman–Crippen MR) is 87.7 cm³/mol. The Morgan fingerprint density at radius 2 is 2.32 bits per heavy atom. The number of nitrogens with zero attached hydrogens (tertiary/aromatic N) is 3. The van der Waals surface area contributed by atoms with Gasteiger partial charge in [-0.2, -0.15) is 0 Å². The zero-order valence-electron chi connectivity index (χ0n) is 13.6. The van der Waals surface area contributed by atoms with E-state index in [1.54, 1.807) is 6.33 Å². The van der Waals surface area contributed by atoms with E-state index in [1.165, 1.54) is 0 Å². The van der Waals surface area contributed by atoms with Gasteiger partial charge in [0.1, 0.15) is 12.1 Å². The number of hydrogen-bond donors (Lipinski definition) is 2. The molecule has 3 N–H and O–H groups in total. The average molecular weight is 305 g/mol. The summed E-state index contributed by atoms with van der Waals surface area (Å²) in [6, 6.07) is 1.78. The van der Waals surface area contributed by atoms with Gasteiger partial charge < -0.3 is 16.0 Å². The molecular weight excluding hydrogens is 278 g/mol. The molecule has 22 heavy (non-hydrogen) atoms. The Morgan fingerprint density at radius 1 is 1.50 bits per heavy atom. The van der Waals surface area contributed by atoms with Crippen LogP contribution in [0, 0.1) is 0 Å². The molecule has 1 aliphatic rings. The first-order valence-corrected chi connectivity index (χ1v) is 8.25. The predicted octanol–water partition coefficient (Wildman–Crippen LogP) is 1.25. The fraction of sp³-hybridized carbons (Fsp3) is 0.688. The number of piperidine rings is 1. The van der Waals surface area contributed by atoms with Crippen LogP contribution >= 0.6 is 0 Å². The molecule has 0 spiro atoms. The van der Waals surface area contributed by atoms with Crippen LogP contribution in [-0.2, 0) is 11.2 Å². The first kappa shape index (κ1) is 16.7. The molecule has 1 amide bonds. The monoisotopic (exact) mass is 305 g/mol. The fourth-order valence-corrected chi connectivity index (χ4v) is 2.81. The van der Waals surface area contributed by atoms with Crippen molar-refractivity contribution >= 4 is 11.7 Å². The molecule has 6 nitrogen and oxygen atoms in total. The standard InChI is InChI=1S/C16H27N5O/c1-3-6-14(17)16(22)20-13-7-5-8-21(10-13)15-9-12(4-2)18-11-19-15/h9,11,13-14H,3-8,10,17H2,1-2H3,(H,20,22). The van der Waals surface area contributed by atoms with Crippen LogP contribution < -0.4 is 16.0 Å². The highest BCUT2D eigenvalue weighted by Crippen LogP contribution is 2.18. The van der Waals surface area contributed by atoms with Gasteiger partial charge in [0.15, 0.2) is 0 Å². The molecule has 1 aromatic heterocycles. The molecule has 1 aliphatic heterocycles. The van der Waals surface area contributed by atoms with Crippen LogP contribution in [-0.4, -0.2) is 41.0 Å². The number of aryl methyl sites for hydroxylation is 1. The molecule has 122 valence electrons. The fourth-order valence-electron chi connectivity index (χ4n) is 2.81. The van der Waals surface area contributed by atoms with Crippen molar-refractivity contribution < 1.29 is 4.79 Å². The van der Waals surface area contributed by atoms with Crippen molar-refractivity contribution in [3.05, 3.63) is 18.1 Å². The highest BCUT2D eigenvalue weighted by Gasteiger charge is 2.24. The maximum atomic E-state index is 12.1. The molecule has 1 fully saturated rings. The largest absolute Gasteiger partial charge is 0.354 e. The quantitative estimate of drug-likeness (QED) is 0.826. The number of nitrogens with one attached hydrogen (secondary N) is 1. The summed E-state index contributed by atoms with van der Waals surface area (Å²) >= 11 is 0. The lowest BCUT2D eigenvalue weighted by Gasteiger charge is -2.34. The van der Waals surface area contributed by atoms with E-state index in [9.17, 15) is 4.79 Å². The molecule has 1 saturated heterocycles. The number of amides is 1. The van der Waals surface area contributed by atoms with Gasteiger partial charge in [-0.1, -0.05) is 20.3 Å². The lowest BCUT2D eigenvalue weighted by atomic mass is 10.0. The van der Waals surface area contributed by atoms with Crippen molar-refractivity contribution in [1.82, 2.24) is 15.3 Å². The lowest BCUT2D eigenvalue weighted by molar-refractivity contribution is -0.123. The van der Waals surface area contributed by atoms with Crippen molar-refractivity contribution in [3.8, 4) is 0 Å². The third kappa shape index (κ3) is 4.40. The van der Waals surface area contributed by atoms with E-state index < -0.39 is 6.04 Å². The number of carbonyl (C=O) groups is 1. The normalized spacial score (nSPS) is 19.8. The van der Waals surface area contributed by atoms with Gasteiger partial charge in [0.05, 0.1) is 6.04 Å². The SMILES string of the molecule is CCCC(N)C(=O)NC1CCCN(c2cc(CC)ncn2)C1. The number of nitrogens with two attached hydrogens (primary N) is 1. The second-order valence-corrected chi connectivity index (χ2v) is 5.91. The summed E-state index contributed by atoms with van der Waals surface area (Å²) in [6.45, 7) is 5.87. The Morgan fingerprint density at radius 3 is 3.05 bits per heavy atom. The van der Waals surface area contributed by atoms with E-state index in [-0.39, 0.29) is 11.9 Å². The third-order valence-electron chi connectivity index (χ3n) is 4.10. The summed E-state index contributed by atoms with van der Waals surface area (Å²) in [6.07, 6.45) is 6.20. The summed E-state index contributed by atoms with van der Waals surface area (Å²) in [5.74, 6) is 0.911. The van der Waals surface area contributed by atoms with Crippen molar-refractivity contribution in [2.75, 3.05) is 18.0 Å². The highest BCUT2D eigenvalue weighted by molar-refractivity contribution is 5.81. The molecular formula is C16H27N5O. The molecule has 6 heteroatoms. The van der Waals surface area contributed by atoms with E-state index in [0.29, 0.717) is 0 Å². The number of aromatic nitrogens is 2.